The minimum absolute atomic E-state index is 0.0448. The normalized spacial score (nSPS) is 10.2. The minimum atomic E-state index is -1.17. The Morgan fingerprint density at radius 2 is 1.79 bits per heavy atom. The number of carbonyl (C=O) groups excluding carboxylic acids is 1. The van der Waals surface area contributed by atoms with Gasteiger partial charge in [-0.3, -0.25) is 4.79 Å². The van der Waals surface area contributed by atoms with Crippen LogP contribution in [0.25, 0.3) is 0 Å². The van der Waals surface area contributed by atoms with Crippen LogP contribution in [-0.4, -0.2) is 23.5 Å². The Balaban J connectivity index is 2.42. The third-order valence-corrected chi connectivity index (χ3v) is 3.63. The molecule has 0 amide bonds. The van der Waals surface area contributed by atoms with E-state index in [2.05, 4.69) is 19.8 Å². The number of terminal acetylenes is 1. The topological polar surface area (TPSA) is 63.6 Å². The number of carboxylic acids is 1. The SMILES string of the molecule is C#CCOc1ccc(C(=O)O)c(C(=O)c2ccc(C(C)C)cc2)c1. The lowest BCUT2D eigenvalue weighted by molar-refractivity contribution is 0.0692. The molecule has 4 nitrogen and oxygen atoms in total. The summed E-state index contributed by atoms with van der Waals surface area (Å²) in [5.74, 6) is 1.51. The molecule has 2 rings (SSSR count). The maximum absolute atomic E-state index is 12.7. The van der Waals surface area contributed by atoms with Gasteiger partial charge in [-0.15, -0.1) is 6.42 Å². The van der Waals surface area contributed by atoms with Gasteiger partial charge in [0.15, 0.2) is 5.78 Å². The van der Waals surface area contributed by atoms with Gasteiger partial charge in [0.2, 0.25) is 0 Å². The van der Waals surface area contributed by atoms with Crippen LogP contribution in [-0.2, 0) is 0 Å². The Morgan fingerprint density at radius 1 is 1.12 bits per heavy atom. The van der Waals surface area contributed by atoms with E-state index >= 15 is 0 Å². The third-order valence-electron chi connectivity index (χ3n) is 3.63. The first-order chi connectivity index (χ1) is 11.4. The van der Waals surface area contributed by atoms with Gasteiger partial charge in [0.1, 0.15) is 12.4 Å². The maximum Gasteiger partial charge on any atom is 0.336 e. The second-order valence-electron chi connectivity index (χ2n) is 5.61. The minimum Gasteiger partial charge on any atom is -0.481 e. The molecule has 0 bridgehead atoms. The van der Waals surface area contributed by atoms with Crippen LogP contribution in [0.15, 0.2) is 42.5 Å². The van der Waals surface area contributed by atoms with E-state index in [1.807, 2.05) is 12.1 Å². The maximum atomic E-state index is 12.7. The van der Waals surface area contributed by atoms with Gasteiger partial charge in [0, 0.05) is 11.1 Å². The number of ketones is 1. The lowest BCUT2D eigenvalue weighted by Gasteiger charge is -2.10. The number of carboxylic acid groups (broad SMARTS) is 1. The Labute approximate surface area is 141 Å². The fourth-order valence-electron chi connectivity index (χ4n) is 2.29. The molecule has 1 N–H and O–H groups in total. The lowest BCUT2D eigenvalue weighted by atomic mass is 9.95. The van der Waals surface area contributed by atoms with Gasteiger partial charge in [-0.2, -0.15) is 0 Å². The molecule has 2 aromatic carbocycles. The van der Waals surface area contributed by atoms with Gasteiger partial charge in [-0.25, -0.2) is 4.79 Å². The largest absolute Gasteiger partial charge is 0.481 e. The standard InChI is InChI=1S/C20H18O4/c1-4-11-24-16-9-10-17(20(22)23)18(12-16)19(21)15-7-5-14(6-8-15)13(2)3/h1,5-10,12-13H,11H2,2-3H3,(H,22,23). The van der Waals surface area contributed by atoms with E-state index < -0.39 is 5.97 Å². The summed E-state index contributed by atoms with van der Waals surface area (Å²) in [6.07, 6.45) is 5.15. The second kappa shape index (κ2) is 7.47. The van der Waals surface area contributed by atoms with Crippen LogP contribution in [0.5, 0.6) is 5.75 Å². The second-order valence-corrected chi connectivity index (χ2v) is 5.61. The summed E-state index contributed by atoms with van der Waals surface area (Å²) >= 11 is 0. The number of hydrogen-bond donors (Lipinski definition) is 1. The van der Waals surface area contributed by atoms with Crippen LogP contribution in [0.1, 0.15) is 51.6 Å². The summed E-state index contributed by atoms with van der Waals surface area (Å²) < 4.78 is 5.29. The first-order valence-corrected chi connectivity index (χ1v) is 7.52. The zero-order valence-corrected chi connectivity index (χ0v) is 13.6. The van der Waals surface area contributed by atoms with E-state index in [0.717, 1.165) is 5.56 Å². The molecule has 0 aliphatic rings. The van der Waals surface area contributed by atoms with Crippen molar-refractivity contribution < 1.29 is 19.4 Å². The van der Waals surface area contributed by atoms with Gasteiger partial charge in [0.05, 0.1) is 5.56 Å². The first-order valence-electron chi connectivity index (χ1n) is 7.52. The number of aromatic carboxylic acids is 1. The van der Waals surface area contributed by atoms with Crippen LogP contribution < -0.4 is 4.74 Å². The smallest absolute Gasteiger partial charge is 0.336 e. The van der Waals surface area contributed by atoms with E-state index in [1.165, 1.54) is 18.2 Å². The molecule has 0 aliphatic carbocycles. The van der Waals surface area contributed by atoms with Crippen LogP contribution in [0.3, 0.4) is 0 Å². The fourth-order valence-corrected chi connectivity index (χ4v) is 2.29. The molecule has 4 heteroatoms. The summed E-state index contributed by atoms with van der Waals surface area (Å²) in [5.41, 5.74) is 1.54. The van der Waals surface area contributed by atoms with E-state index in [-0.39, 0.29) is 23.5 Å². The van der Waals surface area contributed by atoms with Crippen molar-refractivity contribution in [1.82, 2.24) is 0 Å². The Hall–Kier alpha value is -3.06. The quantitative estimate of drug-likeness (QED) is 0.650. The monoisotopic (exact) mass is 322 g/mol. The van der Waals surface area contributed by atoms with Crippen LogP contribution >= 0.6 is 0 Å². The molecular weight excluding hydrogens is 304 g/mol. The molecule has 0 heterocycles. The predicted octanol–water partition coefficient (Wildman–Crippen LogP) is 3.75. The van der Waals surface area contributed by atoms with Crippen molar-refractivity contribution in [2.45, 2.75) is 19.8 Å². The number of benzene rings is 2. The van der Waals surface area contributed by atoms with Crippen molar-refractivity contribution in [2.75, 3.05) is 6.61 Å². The molecule has 0 saturated heterocycles. The zero-order chi connectivity index (χ0) is 17.7. The van der Waals surface area contributed by atoms with Crippen molar-refractivity contribution in [3.63, 3.8) is 0 Å². The number of ether oxygens (including phenoxy) is 1. The molecule has 0 fully saturated rings. The zero-order valence-electron chi connectivity index (χ0n) is 13.6. The molecular formula is C20H18O4. The van der Waals surface area contributed by atoms with E-state index in [9.17, 15) is 14.7 Å². The molecule has 0 unspecified atom stereocenters. The summed E-state index contributed by atoms with van der Waals surface area (Å²) in [7, 11) is 0. The van der Waals surface area contributed by atoms with E-state index in [4.69, 9.17) is 11.2 Å². The number of carbonyl (C=O) groups is 2. The average Bonchev–Trinajstić information content (AvgIpc) is 2.59. The highest BCUT2D eigenvalue weighted by atomic mass is 16.5. The van der Waals surface area contributed by atoms with E-state index in [1.54, 1.807) is 12.1 Å². The summed E-state index contributed by atoms with van der Waals surface area (Å²) in [4.78, 5) is 24.1. The Bertz CT molecular complexity index is 795. The van der Waals surface area contributed by atoms with E-state index in [0.29, 0.717) is 17.2 Å². The first kappa shape index (κ1) is 17.3. The molecule has 0 saturated carbocycles. The third kappa shape index (κ3) is 3.82. The Morgan fingerprint density at radius 3 is 2.33 bits per heavy atom. The number of hydrogen-bond acceptors (Lipinski definition) is 3. The van der Waals surface area contributed by atoms with Crippen molar-refractivity contribution >= 4 is 11.8 Å². The van der Waals surface area contributed by atoms with Crippen molar-refractivity contribution in [2.24, 2.45) is 0 Å². The van der Waals surface area contributed by atoms with Crippen molar-refractivity contribution in [1.29, 1.82) is 0 Å². The summed E-state index contributed by atoms with van der Waals surface area (Å²) in [6, 6.07) is 11.4. The molecule has 0 spiro atoms. The van der Waals surface area contributed by atoms with Crippen molar-refractivity contribution in [3.8, 4) is 18.1 Å². The molecule has 0 aliphatic heterocycles. The van der Waals surface area contributed by atoms with Gasteiger partial charge in [0.25, 0.3) is 0 Å². The van der Waals surface area contributed by atoms with Gasteiger partial charge < -0.3 is 9.84 Å². The molecule has 0 aromatic heterocycles. The predicted molar refractivity (Wildman–Crippen MR) is 91.7 cm³/mol. The number of rotatable bonds is 6. The van der Waals surface area contributed by atoms with Crippen LogP contribution in [0.2, 0.25) is 0 Å². The molecule has 0 atom stereocenters. The molecule has 2 aromatic rings. The fraction of sp³-hybridized carbons (Fsp3) is 0.200. The van der Waals surface area contributed by atoms with Crippen LogP contribution in [0.4, 0.5) is 0 Å². The highest BCUT2D eigenvalue weighted by molar-refractivity contribution is 6.14. The van der Waals surface area contributed by atoms with Crippen LogP contribution in [0, 0.1) is 12.3 Å². The lowest BCUT2D eigenvalue weighted by Crippen LogP contribution is -2.10. The molecule has 122 valence electrons. The van der Waals surface area contributed by atoms with Gasteiger partial charge >= 0.3 is 5.97 Å². The molecule has 24 heavy (non-hydrogen) atoms. The average molecular weight is 322 g/mol. The molecule has 0 radical (unpaired) electrons. The van der Waals surface area contributed by atoms with Crippen molar-refractivity contribution in [3.05, 3.63) is 64.7 Å². The highest BCUT2D eigenvalue weighted by Gasteiger charge is 2.19. The van der Waals surface area contributed by atoms with Gasteiger partial charge in [-0.05, 0) is 29.7 Å². The highest BCUT2D eigenvalue weighted by Crippen LogP contribution is 2.23. The summed E-state index contributed by atoms with van der Waals surface area (Å²) in [6.45, 7) is 4.17. The Kier molecular flexibility index (Phi) is 5.39. The summed E-state index contributed by atoms with van der Waals surface area (Å²) in [5, 5.41) is 9.32. The van der Waals surface area contributed by atoms with Gasteiger partial charge in [-0.1, -0.05) is 44.0 Å².